The number of nitrogens with one attached hydrogen (secondary N) is 1. The minimum Gasteiger partial charge on any atom is -0.302 e. The summed E-state index contributed by atoms with van der Waals surface area (Å²) in [6, 6.07) is 21.6. The summed E-state index contributed by atoms with van der Waals surface area (Å²) in [4.78, 5) is 31.9. The monoisotopic (exact) mass is 487 g/mol. The number of nitrogens with zero attached hydrogens (tertiary/aromatic N) is 4. The maximum absolute atomic E-state index is 12.4. The molecule has 0 unspecified atom stereocenters. The van der Waals surface area contributed by atoms with Gasteiger partial charge in [0.1, 0.15) is 11.1 Å². The highest BCUT2D eigenvalue weighted by Crippen LogP contribution is 2.28. The van der Waals surface area contributed by atoms with Crippen molar-refractivity contribution in [3.63, 3.8) is 0 Å². The molecule has 10 heteroatoms. The van der Waals surface area contributed by atoms with Crippen LogP contribution in [0.15, 0.2) is 77.1 Å². The second-order valence-electron chi connectivity index (χ2n) is 7.02. The van der Waals surface area contributed by atoms with Crippen molar-refractivity contribution in [3.8, 4) is 28.6 Å². The molecule has 0 radical (unpaired) electrons. The SMILES string of the molecule is N#Cc1ccc(-c2ccccc2)nc1SCCC(=O)Nc1nc(-c2cccc([N+](=O)[O-])c2)cs1. The van der Waals surface area contributed by atoms with Gasteiger partial charge in [-0.05, 0) is 12.1 Å². The molecule has 168 valence electrons. The van der Waals surface area contributed by atoms with E-state index in [9.17, 15) is 20.2 Å². The van der Waals surface area contributed by atoms with Gasteiger partial charge in [-0.3, -0.25) is 14.9 Å². The number of nitro groups is 1. The number of aromatic nitrogens is 2. The third-order valence-corrected chi connectivity index (χ3v) is 6.47. The molecule has 0 fully saturated rings. The fourth-order valence-corrected chi connectivity index (χ4v) is 4.72. The van der Waals surface area contributed by atoms with Gasteiger partial charge in [0.2, 0.25) is 5.91 Å². The molecule has 0 spiro atoms. The summed E-state index contributed by atoms with van der Waals surface area (Å²) >= 11 is 2.60. The second kappa shape index (κ2) is 10.7. The van der Waals surface area contributed by atoms with Gasteiger partial charge in [0, 0.05) is 40.8 Å². The van der Waals surface area contributed by atoms with Gasteiger partial charge in [-0.15, -0.1) is 23.1 Å². The molecule has 2 aromatic carbocycles. The lowest BCUT2D eigenvalue weighted by atomic mass is 10.1. The van der Waals surface area contributed by atoms with Crippen LogP contribution in [0.4, 0.5) is 10.8 Å². The Morgan fingerprint density at radius 1 is 1.06 bits per heavy atom. The zero-order chi connectivity index (χ0) is 23.9. The van der Waals surface area contributed by atoms with E-state index in [2.05, 4.69) is 21.4 Å². The largest absolute Gasteiger partial charge is 0.302 e. The van der Waals surface area contributed by atoms with Crippen molar-refractivity contribution < 1.29 is 9.72 Å². The highest BCUT2D eigenvalue weighted by atomic mass is 32.2. The maximum Gasteiger partial charge on any atom is 0.270 e. The molecule has 0 saturated carbocycles. The van der Waals surface area contributed by atoms with E-state index in [4.69, 9.17) is 0 Å². The number of benzene rings is 2. The van der Waals surface area contributed by atoms with Gasteiger partial charge >= 0.3 is 0 Å². The number of rotatable bonds is 8. The van der Waals surface area contributed by atoms with Crippen molar-refractivity contribution in [1.82, 2.24) is 9.97 Å². The van der Waals surface area contributed by atoms with E-state index < -0.39 is 4.92 Å². The Hall–Kier alpha value is -4.07. The third-order valence-electron chi connectivity index (χ3n) is 4.72. The molecule has 1 N–H and O–H groups in total. The molecule has 8 nitrogen and oxygen atoms in total. The number of hydrogen-bond donors (Lipinski definition) is 1. The van der Waals surface area contributed by atoms with Crippen LogP contribution in [0.3, 0.4) is 0 Å². The fraction of sp³-hybridized carbons (Fsp3) is 0.0833. The number of carbonyl (C=O) groups excluding carboxylic acids is 1. The molecule has 2 aromatic heterocycles. The molecule has 0 saturated heterocycles. The smallest absolute Gasteiger partial charge is 0.270 e. The van der Waals surface area contributed by atoms with Crippen LogP contribution in [-0.4, -0.2) is 26.6 Å². The van der Waals surface area contributed by atoms with Crippen LogP contribution in [0, 0.1) is 21.4 Å². The average Bonchev–Trinajstić information content (AvgIpc) is 3.33. The number of anilines is 1. The fourth-order valence-electron chi connectivity index (χ4n) is 3.07. The van der Waals surface area contributed by atoms with Crippen LogP contribution in [0.5, 0.6) is 0 Å². The maximum atomic E-state index is 12.4. The van der Waals surface area contributed by atoms with Gasteiger partial charge in [0.25, 0.3) is 5.69 Å². The number of non-ortho nitro benzene ring substituents is 1. The van der Waals surface area contributed by atoms with Crippen LogP contribution in [0.1, 0.15) is 12.0 Å². The number of hydrogen-bond acceptors (Lipinski definition) is 8. The topological polar surface area (TPSA) is 122 Å². The van der Waals surface area contributed by atoms with E-state index in [1.165, 1.54) is 35.2 Å². The van der Waals surface area contributed by atoms with Crippen LogP contribution in [-0.2, 0) is 4.79 Å². The number of nitriles is 1. The summed E-state index contributed by atoms with van der Waals surface area (Å²) in [5, 5.41) is 25.9. The summed E-state index contributed by atoms with van der Waals surface area (Å²) in [5.41, 5.74) is 3.33. The zero-order valence-electron chi connectivity index (χ0n) is 17.7. The molecule has 4 aromatic rings. The highest BCUT2D eigenvalue weighted by molar-refractivity contribution is 7.99. The molecule has 0 aliphatic carbocycles. The molecule has 0 aliphatic rings. The number of carbonyl (C=O) groups is 1. The first kappa shape index (κ1) is 23.1. The third kappa shape index (κ3) is 5.64. The van der Waals surface area contributed by atoms with Gasteiger partial charge in [-0.1, -0.05) is 42.5 Å². The van der Waals surface area contributed by atoms with E-state index in [-0.39, 0.29) is 18.0 Å². The van der Waals surface area contributed by atoms with Crippen LogP contribution in [0.25, 0.3) is 22.5 Å². The number of thiazole rings is 1. The first-order chi connectivity index (χ1) is 16.5. The quantitative estimate of drug-likeness (QED) is 0.190. The van der Waals surface area contributed by atoms with Crippen LogP contribution < -0.4 is 5.32 Å². The van der Waals surface area contributed by atoms with Gasteiger partial charge in [-0.2, -0.15) is 5.26 Å². The molecular formula is C24H17N5O3S2. The van der Waals surface area contributed by atoms with Crippen LogP contribution in [0.2, 0.25) is 0 Å². The summed E-state index contributed by atoms with van der Waals surface area (Å²) in [5.74, 6) is 0.222. The molecule has 2 heterocycles. The Balaban J connectivity index is 1.36. The molecule has 1 amide bonds. The van der Waals surface area contributed by atoms with Crippen molar-refractivity contribution in [3.05, 3.63) is 87.8 Å². The molecule has 0 atom stereocenters. The Morgan fingerprint density at radius 2 is 1.85 bits per heavy atom. The zero-order valence-corrected chi connectivity index (χ0v) is 19.3. The van der Waals surface area contributed by atoms with E-state index in [0.717, 1.165) is 11.3 Å². The second-order valence-corrected chi connectivity index (χ2v) is 8.96. The van der Waals surface area contributed by atoms with Crippen molar-refractivity contribution in [2.75, 3.05) is 11.1 Å². The molecule has 34 heavy (non-hydrogen) atoms. The Kier molecular flexibility index (Phi) is 7.27. The van der Waals surface area contributed by atoms with E-state index >= 15 is 0 Å². The number of thioether (sulfide) groups is 1. The summed E-state index contributed by atoms with van der Waals surface area (Å²) in [6.45, 7) is 0. The Morgan fingerprint density at radius 3 is 2.62 bits per heavy atom. The minimum absolute atomic E-state index is 0.0187. The Bertz CT molecular complexity index is 1380. The molecule has 0 bridgehead atoms. The first-order valence-corrected chi connectivity index (χ1v) is 12.0. The van der Waals surface area contributed by atoms with Crippen molar-refractivity contribution in [2.24, 2.45) is 0 Å². The van der Waals surface area contributed by atoms with Crippen molar-refractivity contribution in [1.29, 1.82) is 5.26 Å². The van der Waals surface area contributed by atoms with E-state index in [1.54, 1.807) is 23.6 Å². The van der Waals surface area contributed by atoms with Gasteiger partial charge < -0.3 is 5.32 Å². The van der Waals surface area contributed by atoms with Crippen molar-refractivity contribution in [2.45, 2.75) is 11.4 Å². The number of pyridine rings is 1. The average molecular weight is 488 g/mol. The minimum atomic E-state index is -0.460. The predicted octanol–water partition coefficient (Wildman–Crippen LogP) is 5.77. The number of amides is 1. The Labute approximate surface area is 203 Å². The number of nitro benzene ring substituents is 1. The summed E-state index contributed by atoms with van der Waals surface area (Å²) in [6.07, 6.45) is 0.207. The molecule has 0 aliphatic heterocycles. The summed E-state index contributed by atoms with van der Waals surface area (Å²) < 4.78 is 0. The van der Waals surface area contributed by atoms with Gasteiger partial charge in [-0.25, -0.2) is 9.97 Å². The summed E-state index contributed by atoms with van der Waals surface area (Å²) in [7, 11) is 0. The predicted molar refractivity (Wildman–Crippen MR) is 133 cm³/mol. The molecular weight excluding hydrogens is 470 g/mol. The van der Waals surface area contributed by atoms with Crippen LogP contribution >= 0.6 is 23.1 Å². The van der Waals surface area contributed by atoms with Crippen molar-refractivity contribution >= 4 is 39.8 Å². The lowest BCUT2D eigenvalue weighted by Crippen LogP contribution is -2.12. The van der Waals surface area contributed by atoms with E-state index in [0.29, 0.717) is 32.7 Å². The normalized spacial score (nSPS) is 10.4. The lowest BCUT2D eigenvalue weighted by Gasteiger charge is -2.07. The lowest BCUT2D eigenvalue weighted by molar-refractivity contribution is -0.384. The standard InChI is InChI=1S/C24H17N5O3S2/c25-14-18-9-10-20(16-5-2-1-3-6-16)26-23(18)33-12-11-22(30)28-24-27-21(15-34-24)17-7-4-8-19(13-17)29(31)32/h1-10,13,15H,11-12H2,(H,27,28,30). The van der Waals surface area contributed by atoms with Gasteiger partial charge in [0.05, 0.1) is 21.9 Å². The highest BCUT2D eigenvalue weighted by Gasteiger charge is 2.13. The van der Waals surface area contributed by atoms with E-state index in [1.807, 2.05) is 36.4 Å². The van der Waals surface area contributed by atoms with Gasteiger partial charge in [0.15, 0.2) is 5.13 Å². The first-order valence-electron chi connectivity index (χ1n) is 10.1. The molecule has 4 rings (SSSR count).